The van der Waals surface area contributed by atoms with E-state index in [-0.39, 0.29) is 18.1 Å². The molecule has 0 spiro atoms. The summed E-state index contributed by atoms with van der Waals surface area (Å²) >= 11 is 0. The average molecular weight is 320 g/mol. The normalized spacial score (nSPS) is 21.2. The molecule has 1 atom stereocenters. The number of nitrogens with zero attached hydrogens (tertiary/aromatic N) is 2. The molecule has 0 aliphatic carbocycles. The molecular formula is C15H17FN4O3. The summed E-state index contributed by atoms with van der Waals surface area (Å²) in [5, 5.41) is 4.51. The zero-order chi connectivity index (χ0) is 16.4. The molecule has 7 nitrogen and oxygen atoms in total. The molecular weight excluding hydrogens is 303 g/mol. The largest absolute Gasteiger partial charge is 0.366 e. The average Bonchev–Trinajstić information content (AvgIpc) is 2.85. The van der Waals surface area contributed by atoms with Crippen LogP contribution in [0, 0.1) is 5.82 Å². The van der Waals surface area contributed by atoms with Gasteiger partial charge < -0.3 is 15.1 Å². The number of anilines is 1. The van der Waals surface area contributed by atoms with Crippen LogP contribution in [-0.4, -0.2) is 55.0 Å². The monoisotopic (exact) mass is 320 g/mol. The van der Waals surface area contributed by atoms with Gasteiger partial charge >= 0.3 is 6.03 Å². The Labute approximate surface area is 132 Å². The number of imide groups is 1. The molecule has 2 aliphatic heterocycles. The van der Waals surface area contributed by atoms with Crippen molar-refractivity contribution in [3.8, 4) is 0 Å². The Kier molecular flexibility index (Phi) is 4.14. The van der Waals surface area contributed by atoms with Gasteiger partial charge in [0.05, 0.1) is 12.1 Å². The highest BCUT2D eigenvalue weighted by molar-refractivity contribution is 6.05. The molecule has 1 aromatic carbocycles. The van der Waals surface area contributed by atoms with Crippen molar-refractivity contribution in [2.75, 3.05) is 31.1 Å². The molecule has 3 rings (SSSR count). The van der Waals surface area contributed by atoms with Gasteiger partial charge in [-0.15, -0.1) is 0 Å². The Morgan fingerprint density at radius 3 is 2.48 bits per heavy atom. The van der Waals surface area contributed by atoms with Gasteiger partial charge in [-0.1, -0.05) is 12.1 Å². The van der Waals surface area contributed by atoms with Crippen LogP contribution in [0.2, 0.25) is 0 Å². The van der Waals surface area contributed by atoms with Crippen LogP contribution in [0.5, 0.6) is 0 Å². The van der Waals surface area contributed by atoms with E-state index in [1.54, 1.807) is 23.1 Å². The number of carbonyl (C=O) groups is 3. The number of hydrogen-bond acceptors (Lipinski definition) is 4. The molecule has 2 N–H and O–H groups in total. The molecule has 4 amide bonds. The van der Waals surface area contributed by atoms with Crippen molar-refractivity contribution in [1.29, 1.82) is 0 Å². The number of benzene rings is 1. The molecule has 2 aliphatic rings. The summed E-state index contributed by atoms with van der Waals surface area (Å²) in [5.41, 5.74) is 0.530. The van der Waals surface area contributed by atoms with Crippen LogP contribution in [0.25, 0.3) is 0 Å². The van der Waals surface area contributed by atoms with Crippen molar-refractivity contribution in [2.45, 2.75) is 12.5 Å². The standard InChI is InChI=1S/C15H17FN4O3/c16-10-3-1-2-4-12(10)19-5-7-20(8-6-19)13(21)9-11-14(22)18-15(23)17-11/h1-4,11H,5-9H2,(H2,17,18,22,23)/t11-/m1/s1. The smallest absolute Gasteiger partial charge is 0.322 e. The second-order valence-corrected chi connectivity index (χ2v) is 5.54. The van der Waals surface area contributed by atoms with Crippen molar-refractivity contribution in [2.24, 2.45) is 0 Å². The van der Waals surface area contributed by atoms with Crippen LogP contribution < -0.4 is 15.5 Å². The van der Waals surface area contributed by atoms with E-state index < -0.39 is 18.0 Å². The number of carbonyl (C=O) groups excluding carboxylic acids is 3. The molecule has 8 heteroatoms. The van der Waals surface area contributed by atoms with Gasteiger partial charge in [-0.05, 0) is 12.1 Å². The summed E-state index contributed by atoms with van der Waals surface area (Å²) in [6.07, 6.45) is -0.0583. The summed E-state index contributed by atoms with van der Waals surface area (Å²) in [4.78, 5) is 38.3. The third-order valence-electron chi connectivity index (χ3n) is 4.06. The SMILES string of the molecule is O=C1NC(=O)[C@@H](CC(=O)N2CCN(c3ccccc3F)CC2)N1. The van der Waals surface area contributed by atoms with E-state index in [9.17, 15) is 18.8 Å². The number of nitrogens with one attached hydrogen (secondary N) is 2. The molecule has 2 heterocycles. The maximum Gasteiger partial charge on any atom is 0.322 e. The fourth-order valence-electron chi connectivity index (χ4n) is 2.81. The topological polar surface area (TPSA) is 81.8 Å². The predicted molar refractivity (Wildman–Crippen MR) is 80.3 cm³/mol. The van der Waals surface area contributed by atoms with Crippen LogP contribution in [-0.2, 0) is 9.59 Å². The number of piperazine rings is 1. The molecule has 0 unspecified atom stereocenters. The van der Waals surface area contributed by atoms with Gasteiger partial charge in [0.25, 0.3) is 5.91 Å². The maximum atomic E-state index is 13.8. The number of para-hydroxylation sites is 1. The minimum atomic E-state index is -0.806. The van der Waals surface area contributed by atoms with E-state index in [2.05, 4.69) is 10.6 Å². The maximum absolute atomic E-state index is 13.8. The fourth-order valence-corrected chi connectivity index (χ4v) is 2.81. The molecule has 0 radical (unpaired) electrons. The zero-order valence-electron chi connectivity index (χ0n) is 12.4. The third kappa shape index (κ3) is 3.25. The van der Waals surface area contributed by atoms with E-state index in [1.807, 2.05) is 4.90 Å². The highest BCUT2D eigenvalue weighted by atomic mass is 19.1. The number of hydrogen-bond donors (Lipinski definition) is 2. The highest BCUT2D eigenvalue weighted by Gasteiger charge is 2.33. The Hall–Kier alpha value is -2.64. The third-order valence-corrected chi connectivity index (χ3v) is 4.06. The molecule has 0 saturated carbocycles. The zero-order valence-corrected chi connectivity index (χ0v) is 12.4. The van der Waals surface area contributed by atoms with Gasteiger partial charge in [-0.3, -0.25) is 14.9 Å². The van der Waals surface area contributed by atoms with Crippen LogP contribution in [0.4, 0.5) is 14.9 Å². The number of rotatable bonds is 3. The minimum Gasteiger partial charge on any atom is -0.366 e. The van der Waals surface area contributed by atoms with Crippen molar-refractivity contribution in [3.05, 3.63) is 30.1 Å². The molecule has 2 fully saturated rings. The molecule has 122 valence electrons. The minimum absolute atomic E-state index is 0.0583. The van der Waals surface area contributed by atoms with E-state index in [0.29, 0.717) is 31.9 Å². The summed E-state index contributed by atoms with van der Waals surface area (Å²) in [7, 11) is 0. The van der Waals surface area contributed by atoms with E-state index in [0.717, 1.165) is 0 Å². The van der Waals surface area contributed by atoms with Gasteiger partial charge in [0.15, 0.2) is 0 Å². The van der Waals surface area contributed by atoms with Gasteiger partial charge in [-0.25, -0.2) is 9.18 Å². The first-order valence-corrected chi connectivity index (χ1v) is 7.43. The first-order valence-electron chi connectivity index (χ1n) is 7.43. The molecule has 23 heavy (non-hydrogen) atoms. The summed E-state index contributed by atoms with van der Waals surface area (Å²) in [5.74, 6) is -0.952. The predicted octanol–water partition coefficient (Wildman–Crippen LogP) is 0.0724. The van der Waals surface area contributed by atoms with Crippen LogP contribution >= 0.6 is 0 Å². The van der Waals surface area contributed by atoms with Crippen molar-refractivity contribution < 1.29 is 18.8 Å². The van der Waals surface area contributed by atoms with E-state index >= 15 is 0 Å². The van der Waals surface area contributed by atoms with Crippen LogP contribution in [0.1, 0.15) is 6.42 Å². The second-order valence-electron chi connectivity index (χ2n) is 5.54. The Balaban J connectivity index is 1.54. The number of amides is 4. The lowest BCUT2D eigenvalue weighted by atomic mass is 10.1. The van der Waals surface area contributed by atoms with Crippen molar-refractivity contribution >= 4 is 23.5 Å². The lowest BCUT2D eigenvalue weighted by Crippen LogP contribution is -2.50. The Morgan fingerprint density at radius 1 is 1.17 bits per heavy atom. The Morgan fingerprint density at radius 2 is 1.87 bits per heavy atom. The second kappa shape index (κ2) is 6.23. The summed E-state index contributed by atoms with van der Waals surface area (Å²) < 4.78 is 13.8. The van der Waals surface area contributed by atoms with Crippen LogP contribution in [0.15, 0.2) is 24.3 Å². The lowest BCUT2D eigenvalue weighted by molar-refractivity contribution is -0.134. The van der Waals surface area contributed by atoms with Gasteiger partial charge in [-0.2, -0.15) is 0 Å². The van der Waals surface area contributed by atoms with E-state index in [4.69, 9.17) is 0 Å². The van der Waals surface area contributed by atoms with Gasteiger partial charge in [0.1, 0.15) is 11.9 Å². The van der Waals surface area contributed by atoms with E-state index in [1.165, 1.54) is 6.07 Å². The summed E-state index contributed by atoms with van der Waals surface area (Å²) in [6, 6.07) is 5.16. The number of urea groups is 1. The summed E-state index contributed by atoms with van der Waals surface area (Å²) in [6.45, 7) is 1.96. The highest BCUT2D eigenvalue weighted by Crippen LogP contribution is 2.20. The van der Waals surface area contributed by atoms with Crippen molar-refractivity contribution in [3.63, 3.8) is 0 Å². The molecule has 1 aromatic rings. The van der Waals surface area contributed by atoms with Gasteiger partial charge in [0, 0.05) is 26.2 Å². The first-order chi connectivity index (χ1) is 11.0. The van der Waals surface area contributed by atoms with Crippen LogP contribution in [0.3, 0.4) is 0 Å². The Bertz CT molecular complexity index is 643. The molecule has 2 saturated heterocycles. The lowest BCUT2D eigenvalue weighted by Gasteiger charge is -2.36. The van der Waals surface area contributed by atoms with Gasteiger partial charge in [0.2, 0.25) is 5.91 Å². The number of halogens is 1. The molecule has 0 bridgehead atoms. The molecule has 0 aromatic heterocycles. The quantitative estimate of drug-likeness (QED) is 0.773. The van der Waals surface area contributed by atoms with Crippen molar-refractivity contribution in [1.82, 2.24) is 15.5 Å². The first kappa shape index (κ1) is 15.3. The fraction of sp³-hybridized carbons (Fsp3) is 0.400.